The quantitative estimate of drug-likeness (QED) is 0.771. The summed E-state index contributed by atoms with van der Waals surface area (Å²) in [5, 5.41) is 3.43. The number of carbonyl (C=O) groups excluding carboxylic acids is 2. The third kappa shape index (κ3) is 2.30. The van der Waals surface area contributed by atoms with Gasteiger partial charge < -0.3 is 5.32 Å². The third-order valence-corrected chi connectivity index (χ3v) is 4.47. The molecular formula is C14H22N2O2. The molecule has 0 aromatic carbocycles. The summed E-state index contributed by atoms with van der Waals surface area (Å²) in [6, 6.07) is 0.408. The maximum Gasteiger partial charge on any atom is 0.247 e. The third-order valence-electron chi connectivity index (χ3n) is 4.47. The van der Waals surface area contributed by atoms with E-state index in [9.17, 15) is 9.59 Å². The molecule has 4 heteroatoms. The van der Waals surface area contributed by atoms with Crippen LogP contribution in [0.5, 0.6) is 0 Å². The van der Waals surface area contributed by atoms with Crippen molar-refractivity contribution in [2.45, 2.75) is 70.0 Å². The Labute approximate surface area is 108 Å². The van der Waals surface area contributed by atoms with E-state index in [0.29, 0.717) is 12.5 Å². The zero-order chi connectivity index (χ0) is 12.7. The Bertz CT molecular complexity index is 365. The summed E-state index contributed by atoms with van der Waals surface area (Å²) in [7, 11) is 0. The predicted octanol–water partition coefficient (Wildman–Crippen LogP) is 1.44. The molecule has 2 amide bonds. The number of carbonyl (C=O) groups is 2. The van der Waals surface area contributed by atoms with Gasteiger partial charge in [-0.2, -0.15) is 0 Å². The van der Waals surface area contributed by atoms with Gasteiger partial charge in [0.05, 0.1) is 12.5 Å². The van der Waals surface area contributed by atoms with E-state index in [0.717, 1.165) is 31.6 Å². The lowest BCUT2D eigenvalue weighted by molar-refractivity contribution is -0.139. The fourth-order valence-corrected chi connectivity index (χ4v) is 3.37. The van der Waals surface area contributed by atoms with Crippen LogP contribution in [0.25, 0.3) is 0 Å². The second kappa shape index (κ2) is 4.65. The van der Waals surface area contributed by atoms with E-state index < -0.39 is 0 Å². The average Bonchev–Trinajstić information content (AvgIpc) is 3.09. The SMILES string of the molecule is CC1CCCC(NC2CC(=O)N(C3CC3)C2=O)C1. The molecule has 0 radical (unpaired) electrons. The van der Waals surface area contributed by atoms with Crippen LogP contribution in [0.4, 0.5) is 0 Å². The minimum absolute atomic E-state index is 0.0285. The van der Waals surface area contributed by atoms with Gasteiger partial charge in [0, 0.05) is 12.1 Å². The summed E-state index contributed by atoms with van der Waals surface area (Å²) in [5.41, 5.74) is 0. The Hall–Kier alpha value is -0.900. The minimum Gasteiger partial charge on any atom is -0.303 e. The molecule has 3 atom stereocenters. The Morgan fingerprint density at radius 3 is 2.61 bits per heavy atom. The van der Waals surface area contributed by atoms with Crippen molar-refractivity contribution in [3.63, 3.8) is 0 Å². The maximum absolute atomic E-state index is 12.2. The molecule has 0 bridgehead atoms. The van der Waals surface area contributed by atoms with E-state index in [2.05, 4.69) is 12.2 Å². The van der Waals surface area contributed by atoms with Crippen molar-refractivity contribution >= 4 is 11.8 Å². The second-order valence-corrected chi connectivity index (χ2v) is 6.23. The van der Waals surface area contributed by atoms with Crippen molar-refractivity contribution in [3.8, 4) is 0 Å². The second-order valence-electron chi connectivity index (χ2n) is 6.23. The van der Waals surface area contributed by atoms with Crippen LogP contribution in [-0.4, -0.2) is 34.8 Å². The first-order valence-corrected chi connectivity index (χ1v) is 7.27. The number of imide groups is 1. The fourth-order valence-electron chi connectivity index (χ4n) is 3.37. The van der Waals surface area contributed by atoms with Gasteiger partial charge in [0.1, 0.15) is 0 Å². The molecule has 1 saturated heterocycles. The summed E-state index contributed by atoms with van der Waals surface area (Å²) in [4.78, 5) is 25.6. The summed E-state index contributed by atoms with van der Waals surface area (Å²) >= 11 is 0. The number of rotatable bonds is 3. The van der Waals surface area contributed by atoms with E-state index >= 15 is 0 Å². The van der Waals surface area contributed by atoms with Gasteiger partial charge in [-0.3, -0.25) is 14.5 Å². The van der Waals surface area contributed by atoms with Gasteiger partial charge in [0.25, 0.3) is 0 Å². The maximum atomic E-state index is 12.2. The Morgan fingerprint density at radius 2 is 1.94 bits per heavy atom. The molecule has 0 aromatic rings. The molecule has 100 valence electrons. The van der Waals surface area contributed by atoms with Gasteiger partial charge in [-0.05, 0) is 31.6 Å². The van der Waals surface area contributed by atoms with Gasteiger partial charge in [0.15, 0.2) is 0 Å². The average molecular weight is 250 g/mol. The molecule has 3 rings (SSSR count). The van der Waals surface area contributed by atoms with Crippen molar-refractivity contribution in [2.24, 2.45) is 5.92 Å². The zero-order valence-electron chi connectivity index (χ0n) is 11.0. The molecule has 1 N–H and O–H groups in total. The van der Waals surface area contributed by atoms with Crippen LogP contribution >= 0.6 is 0 Å². The van der Waals surface area contributed by atoms with Crippen molar-refractivity contribution in [2.75, 3.05) is 0 Å². The topological polar surface area (TPSA) is 49.4 Å². The first-order chi connectivity index (χ1) is 8.65. The normalized spacial score (nSPS) is 37.4. The lowest BCUT2D eigenvalue weighted by Crippen LogP contribution is -2.45. The number of hydrogen-bond donors (Lipinski definition) is 1. The molecule has 0 aromatic heterocycles. The van der Waals surface area contributed by atoms with E-state index in [1.807, 2.05) is 0 Å². The lowest BCUT2D eigenvalue weighted by atomic mass is 9.86. The summed E-state index contributed by atoms with van der Waals surface area (Å²) in [6.07, 6.45) is 7.20. The first-order valence-electron chi connectivity index (χ1n) is 7.27. The predicted molar refractivity (Wildman–Crippen MR) is 67.8 cm³/mol. The number of hydrogen-bond acceptors (Lipinski definition) is 3. The smallest absolute Gasteiger partial charge is 0.247 e. The highest BCUT2D eigenvalue weighted by atomic mass is 16.2. The number of nitrogens with one attached hydrogen (secondary N) is 1. The van der Waals surface area contributed by atoms with Crippen LogP contribution in [0.1, 0.15) is 51.9 Å². The molecule has 4 nitrogen and oxygen atoms in total. The van der Waals surface area contributed by atoms with E-state index in [1.54, 1.807) is 0 Å². The highest BCUT2D eigenvalue weighted by Gasteiger charge is 2.46. The first kappa shape index (κ1) is 12.2. The van der Waals surface area contributed by atoms with E-state index in [1.165, 1.54) is 17.7 Å². The van der Waals surface area contributed by atoms with Crippen LogP contribution < -0.4 is 5.32 Å². The highest BCUT2D eigenvalue weighted by Crippen LogP contribution is 2.32. The molecule has 3 aliphatic rings. The number of nitrogens with zero attached hydrogens (tertiary/aromatic N) is 1. The summed E-state index contributed by atoms with van der Waals surface area (Å²) < 4.78 is 0. The molecule has 0 spiro atoms. The van der Waals surface area contributed by atoms with Crippen LogP contribution in [0.3, 0.4) is 0 Å². The van der Waals surface area contributed by atoms with Crippen LogP contribution in [0, 0.1) is 5.92 Å². The molecule has 3 unspecified atom stereocenters. The monoisotopic (exact) mass is 250 g/mol. The van der Waals surface area contributed by atoms with Gasteiger partial charge in [0.2, 0.25) is 11.8 Å². The van der Waals surface area contributed by atoms with E-state index in [4.69, 9.17) is 0 Å². The van der Waals surface area contributed by atoms with Crippen molar-refractivity contribution < 1.29 is 9.59 Å². The van der Waals surface area contributed by atoms with E-state index in [-0.39, 0.29) is 23.9 Å². The molecule has 1 aliphatic heterocycles. The fraction of sp³-hybridized carbons (Fsp3) is 0.857. The number of likely N-dealkylation sites (tertiary alicyclic amines) is 1. The highest BCUT2D eigenvalue weighted by molar-refractivity contribution is 6.06. The summed E-state index contributed by atoms with van der Waals surface area (Å²) in [6.45, 7) is 2.27. The van der Waals surface area contributed by atoms with Crippen LogP contribution in [0.15, 0.2) is 0 Å². The molecule has 1 heterocycles. The Balaban J connectivity index is 1.59. The molecule has 2 aliphatic carbocycles. The zero-order valence-corrected chi connectivity index (χ0v) is 11.0. The largest absolute Gasteiger partial charge is 0.303 e. The standard InChI is InChI=1S/C14H22N2O2/c1-9-3-2-4-10(7-9)15-12-8-13(17)16(14(12)18)11-5-6-11/h9-12,15H,2-8H2,1H3. The molecular weight excluding hydrogens is 228 g/mol. The molecule has 2 saturated carbocycles. The molecule has 18 heavy (non-hydrogen) atoms. The van der Waals surface area contributed by atoms with Gasteiger partial charge >= 0.3 is 0 Å². The van der Waals surface area contributed by atoms with Crippen LogP contribution in [-0.2, 0) is 9.59 Å². The lowest BCUT2D eigenvalue weighted by Gasteiger charge is -2.29. The van der Waals surface area contributed by atoms with Crippen molar-refractivity contribution in [3.05, 3.63) is 0 Å². The van der Waals surface area contributed by atoms with Crippen molar-refractivity contribution in [1.82, 2.24) is 10.2 Å². The molecule has 3 fully saturated rings. The Kier molecular flexibility index (Phi) is 3.14. The summed E-state index contributed by atoms with van der Waals surface area (Å²) in [5.74, 6) is 0.799. The number of amides is 2. The minimum atomic E-state index is -0.242. The Morgan fingerprint density at radius 1 is 1.17 bits per heavy atom. The van der Waals surface area contributed by atoms with Gasteiger partial charge in [-0.15, -0.1) is 0 Å². The van der Waals surface area contributed by atoms with Crippen LogP contribution in [0.2, 0.25) is 0 Å². The van der Waals surface area contributed by atoms with Gasteiger partial charge in [-0.25, -0.2) is 0 Å². The van der Waals surface area contributed by atoms with Crippen molar-refractivity contribution in [1.29, 1.82) is 0 Å². The van der Waals surface area contributed by atoms with Gasteiger partial charge in [-0.1, -0.05) is 19.8 Å².